The minimum Gasteiger partial charge on any atom is -0.505 e. The largest absolute Gasteiger partial charge is 0.505 e. The molecule has 0 bridgehead atoms. The van der Waals surface area contributed by atoms with Gasteiger partial charge < -0.3 is 16.2 Å². The van der Waals surface area contributed by atoms with Gasteiger partial charge in [-0.3, -0.25) is 14.5 Å². The number of nitrogens with zero attached hydrogens (tertiary/aromatic N) is 1. The number of primary amides is 1. The van der Waals surface area contributed by atoms with Crippen molar-refractivity contribution in [3.8, 4) is 5.75 Å². The second-order valence-electron chi connectivity index (χ2n) is 7.20. The van der Waals surface area contributed by atoms with Crippen LogP contribution < -0.4 is 11.1 Å². The van der Waals surface area contributed by atoms with E-state index < -0.39 is 5.91 Å². The summed E-state index contributed by atoms with van der Waals surface area (Å²) in [4.78, 5) is 27.2. The van der Waals surface area contributed by atoms with Crippen LogP contribution in [0.1, 0.15) is 39.1 Å². The molecule has 2 heterocycles. The minimum atomic E-state index is -0.727. The molecule has 0 radical (unpaired) electrons. The van der Waals surface area contributed by atoms with Crippen molar-refractivity contribution < 1.29 is 14.7 Å². The molecule has 2 amide bonds. The Morgan fingerprint density at radius 1 is 1.17 bits per heavy atom. The molecule has 9 heteroatoms. The van der Waals surface area contributed by atoms with Crippen LogP contribution in [0.5, 0.6) is 5.75 Å². The molecular formula is C21H19Cl2N3O3S. The summed E-state index contributed by atoms with van der Waals surface area (Å²) in [6.07, 6.45) is 2.45. The van der Waals surface area contributed by atoms with Crippen LogP contribution in [-0.2, 0) is 6.54 Å². The Bertz CT molecular complexity index is 1140. The van der Waals surface area contributed by atoms with E-state index in [1.807, 2.05) is 12.1 Å². The Kier molecular flexibility index (Phi) is 5.88. The van der Waals surface area contributed by atoms with E-state index in [-0.39, 0.29) is 32.3 Å². The smallest absolute Gasteiger partial charge is 0.256 e. The summed E-state index contributed by atoms with van der Waals surface area (Å²) < 4.78 is 0.420. The number of hydrogen-bond donors (Lipinski definition) is 3. The summed E-state index contributed by atoms with van der Waals surface area (Å²) in [5.74, 6) is -1.38. The number of carbonyl (C=O) groups is 2. The van der Waals surface area contributed by atoms with E-state index in [1.54, 1.807) is 12.1 Å². The number of amides is 2. The summed E-state index contributed by atoms with van der Waals surface area (Å²) >= 11 is 13.2. The zero-order chi connectivity index (χ0) is 21.4. The highest BCUT2D eigenvalue weighted by atomic mass is 35.5. The quantitative estimate of drug-likeness (QED) is 0.503. The van der Waals surface area contributed by atoms with Crippen LogP contribution in [0.3, 0.4) is 0 Å². The van der Waals surface area contributed by atoms with Crippen molar-refractivity contribution >= 4 is 61.4 Å². The van der Waals surface area contributed by atoms with Crippen molar-refractivity contribution in [3.05, 3.63) is 57.1 Å². The molecule has 4 rings (SSSR count). The van der Waals surface area contributed by atoms with Gasteiger partial charge in [0.2, 0.25) is 0 Å². The zero-order valence-electron chi connectivity index (χ0n) is 15.9. The van der Waals surface area contributed by atoms with Crippen LogP contribution in [0.25, 0.3) is 10.1 Å². The first-order valence-electron chi connectivity index (χ1n) is 9.41. The van der Waals surface area contributed by atoms with Gasteiger partial charge in [-0.15, -0.1) is 11.3 Å². The average Bonchev–Trinajstić information content (AvgIpc) is 3.34. The zero-order valence-corrected chi connectivity index (χ0v) is 18.2. The van der Waals surface area contributed by atoms with E-state index in [0.29, 0.717) is 15.6 Å². The summed E-state index contributed by atoms with van der Waals surface area (Å²) in [7, 11) is 0. The molecular weight excluding hydrogens is 445 g/mol. The molecule has 0 spiro atoms. The van der Waals surface area contributed by atoms with Crippen LogP contribution in [0.2, 0.25) is 10.0 Å². The lowest BCUT2D eigenvalue weighted by molar-refractivity contribution is 0.100. The minimum absolute atomic E-state index is 0.000678. The third-order valence-electron chi connectivity index (χ3n) is 5.14. The van der Waals surface area contributed by atoms with Crippen molar-refractivity contribution in [2.24, 2.45) is 5.73 Å². The van der Waals surface area contributed by atoms with Crippen LogP contribution >= 0.6 is 34.5 Å². The van der Waals surface area contributed by atoms with Gasteiger partial charge in [0, 0.05) is 17.5 Å². The number of phenols is 1. The number of carbonyl (C=O) groups excluding carboxylic acids is 2. The predicted molar refractivity (Wildman–Crippen MR) is 121 cm³/mol. The van der Waals surface area contributed by atoms with Gasteiger partial charge in [0.15, 0.2) is 5.75 Å². The van der Waals surface area contributed by atoms with E-state index in [4.69, 9.17) is 28.9 Å². The van der Waals surface area contributed by atoms with Crippen LogP contribution in [-0.4, -0.2) is 34.9 Å². The van der Waals surface area contributed by atoms with Gasteiger partial charge in [-0.05, 0) is 49.7 Å². The highest BCUT2D eigenvalue weighted by Crippen LogP contribution is 2.46. The molecule has 3 aromatic rings. The first-order chi connectivity index (χ1) is 14.3. The monoisotopic (exact) mass is 463 g/mol. The number of fused-ring (bicyclic) bond motifs is 1. The molecule has 30 heavy (non-hydrogen) atoms. The third kappa shape index (κ3) is 3.98. The number of aromatic hydroxyl groups is 1. The number of rotatable bonds is 5. The van der Waals surface area contributed by atoms with Gasteiger partial charge in [-0.2, -0.15) is 0 Å². The fourth-order valence-electron chi connectivity index (χ4n) is 3.62. The lowest BCUT2D eigenvalue weighted by Crippen LogP contribution is -2.19. The molecule has 1 aromatic heterocycles. The van der Waals surface area contributed by atoms with Crippen molar-refractivity contribution in [3.63, 3.8) is 0 Å². The van der Waals surface area contributed by atoms with Crippen LogP contribution in [0, 0.1) is 0 Å². The molecule has 0 unspecified atom stereocenters. The number of nitrogens with one attached hydrogen (secondary N) is 1. The van der Waals surface area contributed by atoms with E-state index in [1.165, 1.54) is 18.9 Å². The number of likely N-dealkylation sites (tertiary alicyclic amines) is 1. The van der Waals surface area contributed by atoms with Gasteiger partial charge >= 0.3 is 0 Å². The fourth-order valence-corrected chi connectivity index (χ4v) is 5.31. The van der Waals surface area contributed by atoms with Gasteiger partial charge in [0.1, 0.15) is 10.0 Å². The first-order valence-corrected chi connectivity index (χ1v) is 11.0. The fraction of sp³-hybridized carbons (Fsp3) is 0.238. The maximum absolute atomic E-state index is 12.8. The number of thiophene rings is 1. The molecule has 1 aliphatic rings. The van der Waals surface area contributed by atoms with Gasteiger partial charge in [0.25, 0.3) is 11.8 Å². The Hall–Kier alpha value is -2.32. The maximum atomic E-state index is 12.8. The summed E-state index contributed by atoms with van der Waals surface area (Å²) in [6.45, 7) is 3.07. The number of hydrogen-bond acceptors (Lipinski definition) is 5. The number of anilines is 1. The van der Waals surface area contributed by atoms with E-state index >= 15 is 0 Å². The van der Waals surface area contributed by atoms with Crippen molar-refractivity contribution in [1.29, 1.82) is 0 Å². The second kappa shape index (κ2) is 8.43. The van der Waals surface area contributed by atoms with Crippen LogP contribution in [0.4, 0.5) is 5.00 Å². The number of phenolic OH excluding ortho intramolecular Hbond substituents is 1. The lowest BCUT2D eigenvalue weighted by atomic mass is 10.1. The van der Waals surface area contributed by atoms with Gasteiger partial charge in [-0.25, -0.2) is 0 Å². The molecule has 0 aliphatic carbocycles. The number of nitrogens with two attached hydrogens (primary N) is 1. The first kappa shape index (κ1) is 20.9. The van der Waals surface area contributed by atoms with Crippen molar-refractivity contribution in [2.75, 3.05) is 18.4 Å². The topological polar surface area (TPSA) is 95.7 Å². The molecule has 1 aliphatic heterocycles. The normalized spacial score (nSPS) is 14.3. The maximum Gasteiger partial charge on any atom is 0.256 e. The average molecular weight is 464 g/mol. The Morgan fingerprint density at radius 2 is 1.83 bits per heavy atom. The Morgan fingerprint density at radius 3 is 2.47 bits per heavy atom. The second-order valence-corrected chi connectivity index (χ2v) is 9.01. The summed E-state index contributed by atoms with van der Waals surface area (Å²) in [5.41, 5.74) is 7.25. The molecule has 1 fully saturated rings. The lowest BCUT2D eigenvalue weighted by Gasteiger charge is -2.14. The predicted octanol–water partition coefficient (Wildman–Crippen LogP) is 4.86. The van der Waals surface area contributed by atoms with Gasteiger partial charge in [0.05, 0.1) is 15.3 Å². The molecule has 156 valence electrons. The Balaban J connectivity index is 1.60. The molecule has 6 nitrogen and oxygen atoms in total. The van der Waals surface area contributed by atoms with Gasteiger partial charge in [-0.1, -0.05) is 35.3 Å². The molecule has 1 saturated heterocycles. The van der Waals surface area contributed by atoms with Crippen LogP contribution in [0.15, 0.2) is 30.3 Å². The third-order valence-corrected chi connectivity index (χ3v) is 7.05. The van der Waals surface area contributed by atoms with E-state index in [9.17, 15) is 14.7 Å². The van der Waals surface area contributed by atoms with Crippen molar-refractivity contribution in [1.82, 2.24) is 4.90 Å². The highest BCUT2D eigenvalue weighted by molar-refractivity contribution is 7.24. The van der Waals surface area contributed by atoms with E-state index in [2.05, 4.69) is 10.2 Å². The van der Waals surface area contributed by atoms with E-state index in [0.717, 1.165) is 36.5 Å². The summed E-state index contributed by atoms with van der Waals surface area (Å²) in [6, 6.07) is 8.79. The standard InChI is InChI=1S/C21H19Cl2N3O3S/c22-14-9-13-15(19(24)28)21(30-18(13)16(23)17(14)27)25-20(29)12-5-3-11(4-6-12)10-26-7-1-2-8-26/h3-6,9,27H,1-2,7-8,10H2,(H2,24,28)(H,25,29). The van der Waals surface area contributed by atoms with Crippen molar-refractivity contribution in [2.45, 2.75) is 19.4 Å². The number of benzene rings is 2. The molecule has 0 saturated carbocycles. The summed E-state index contributed by atoms with van der Waals surface area (Å²) in [5, 5.41) is 13.4. The Labute approximate surface area is 187 Å². The SMILES string of the molecule is NC(=O)c1c(NC(=O)c2ccc(CN3CCCC3)cc2)sc2c(Cl)c(O)c(Cl)cc12. The molecule has 2 aromatic carbocycles. The molecule has 4 N–H and O–H groups in total. The highest BCUT2D eigenvalue weighted by Gasteiger charge is 2.23. The molecule has 0 atom stereocenters. The number of halogens is 2.